The Bertz CT molecular complexity index is 702. The molecule has 1 aliphatic heterocycles. The summed E-state index contributed by atoms with van der Waals surface area (Å²) in [5.41, 5.74) is 1.30. The van der Waals surface area contributed by atoms with Crippen molar-refractivity contribution in [2.24, 2.45) is 0 Å². The Morgan fingerprint density at radius 3 is 2.08 bits per heavy atom. The van der Waals surface area contributed by atoms with Crippen LogP contribution in [0.2, 0.25) is 0 Å². The summed E-state index contributed by atoms with van der Waals surface area (Å²) in [6.07, 6.45) is 4.38. The molecule has 1 saturated heterocycles. The van der Waals surface area contributed by atoms with Crippen molar-refractivity contribution in [1.82, 2.24) is 14.8 Å². The van der Waals surface area contributed by atoms with Crippen LogP contribution in [-0.4, -0.2) is 59.4 Å². The number of hydrogen-bond acceptors (Lipinski definition) is 3. The summed E-state index contributed by atoms with van der Waals surface area (Å²) in [5.74, 6) is 0.780. The van der Waals surface area contributed by atoms with E-state index in [9.17, 15) is 9.59 Å². The molecule has 132 valence electrons. The van der Waals surface area contributed by atoms with Gasteiger partial charge in [-0.15, -0.1) is 0 Å². The van der Waals surface area contributed by atoms with Crippen molar-refractivity contribution in [3.8, 4) is 5.75 Å². The lowest BCUT2D eigenvalue weighted by molar-refractivity contribution is 0.0535. The first-order chi connectivity index (χ1) is 12.2. The van der Waals surface area contributed by atoms with Crippen molar-refractivity contribution < 1.29 is 14.3 Å². The summed E-state index contributed by atoms with van der Waals surface area (Å²) in [6.45, 7) is 4.91. The molecule has 0 saturated carbocycles. The van der Waals surface area contributed by atoms with Gasteiger partial charge in [0, 0.05) is 44.1 Å². The highest BCUT2D eigenvalue weighted by molar-refractivity contribution is 5.96. The number of aromatic nitrogens is 1. The molecule has 0 aliphatic carbocycles. The summed E-state index contributed by atoms with van der Waals surface area (Å²) in [7, 11) is 0. The summed E-state index contributed by atoms with van der Waals surface area (Å²) >= 11 is 0. The third-order valence-corrected chi connectivity index (χ3v) is 4.27. The lowest BCUT2D eigenvalue weighted by atomic mass is 10.1. The molecule has 1 aliphatic rings. The van der Waals surface area contributed by atoms with E-state index in [0.717, 1.165) is 12.2 Å². The van der Waals surface area contributed by atoms with Crippen LogP contribution >= 0.6 is 0 Å². The quantitative estimate of drug-likeness (QED) is 0.908. The van der Waals surface area contributed by atoms with E-state index in [1.165, 1.54) is 0 Å². The van der Waals surface area contributed by atoms with Crippen LogP contribution in [0.25, 0.3) is 0 Å². The molecule has 0 spiro atoms. The van der Waals surface area contributed by atoms with E-state index in [0.29, 0.717) is 43.9 Å². The predicted octanol–water partition coefficient (Wildman–Crippen LogP) is 2.40. The number of nitrogens with one attached hydrogen (secondary N) is 1. The van der Waals surface area contributed by atoms with Crippen molar-refractivity contribution in [2.45, 2.75) is 13.3 Å². The van der Waals surface area contributed by atoms with E-state index in [2.05, 4.69) is 11.9 Å². The molecule has 1 N–H and O–H groups in total. The highest BCUT2D eigenvalue weighted by atomic mass is 16.5. The second kappa shape index (κ2) is 7.88. The van der Waals surface area contributed by atoms with E-state index in [4.69, 9.17) is 4.74 Å². The number of benzene rings is 1. The molecule has 1 aromatic carbocycles. The summed E-state index contributed by atoms with van der Waals surface area (Å²) in [4.78, 5) is 31.4. The lowest BCUT2D eigenvalue weighted by Gasteiger charge is -2.34. The number of ether oxygens (including phenoxy) is 1. The number of hydrogen-bond donors (Lipinski definition) is 1. The fourth-order valence-electron chi connectivity index (χ4n) is 2.85. The van der Waals surface area contributed by atoms with E-state index in [1.807, 2.05) is 12.1 Å². The van der Waals surface area contributed by atoms with Crippen molar-refractivity contribution in [3.05, 3.63) is 53.9 Å². The average molecular weight is 341 g/mol. The van der Waals surface area contributed by atoms with Crippen LogP contribution in [0, 0.1) is 0 Å². The Labute approximate surface area is 147 Å². The normalized spacial score (nSPS) is 14.4. The maximum Gasteiger partial charge on any atom is 0.255 e. The highest BCUT2D eigenvalue weighted by Gasteiger charge is 2.25. The largest absolute Gasteiger partial charge is 0.494 e. The first-order valence-electron chi connectivity index (χ1n) is 8.63. The van der Waals surface area contributed by atoms with Crippen molar-refractivity contribution in [2.75, 3.05) is 32.8 Å². The first-order valence-corrected chi connectivity index (χ1v) is 8.63. The van der Waals surface area contributed by atoms with Gasteiger partial charge in [-0.2, -0.15) is 0 Å². The van der Waals surface area contributed by atoms with Crippen LogP contribution in [0.15, 0.2) is 42.7 Å². The lowest BCUT2D eigenvalue weighted by Crippen LogP contribution is -2.50. The minimum atomic E-state index is -0.00390. The van der Waals surface area contributed by atoms with Crippen molar-refractivity contribution in [1.29, 1.82) is 0 Å². The Balaban J connectivity index is 1.55. The molecular formula is C19H23N3O3. The van der Waals surface area contributed by atoms with Gasteiger partial charge in [0.15, 0.2) is 0 Å². The van der Waals surface area contributed by atoms with Gasteiger partial charge in [-0.05, 0) is 36.8 Å². The number of piperazine rings is 1. The molecule has 0 unspecified atom stereocenters. The van der Waals surface area contributed by atoms with Gasteiger partial charge in [-0.3, -0.25) is 9.59 Å². The number of nitrogens with zero attached hydrogens (tertiary/aromatic N) is 2. The van der Waals surface area contributed by atoms with Gasteiger partial charge in [0.25, 0.3) is 11.8 Å². The zero-order valence-corrected chi connectivity index (χ0v) is 14.4. The molecule has 0 atom stereocenters. The summed E-state index contributed by atoms with van der Waals surface area (Å²) in [6, 6.07) is 9.01. The number of amides is 2. The van der Waals surface area contributed by atoms with Gasteiger partial charge in [-0.1, -0.05) is 6.92 Å². The molecule has 2 aromatic rings. The van der Waals surface area contributed by atoms with E-state index in [-0.39, 0.29) is 11.8 Å². The molecule has 2 amide bonds. The van der Waals surface area contributed by atoms with E-state index in [1.54, 1.807) is 40.4 Å². The summed E-state index contributed by atoms with van der Waals surface area (Å²) in [5, 5.41) is 0. The van der Waals surface area contributed by atoms with Crippen LogP contribution in [0.4, 0.5) is 0 Å². The zero-order valence-electron chi connectivity index (χ0n) is 14.4. The molecule has 6 heteroatoms. The smallest absolute Gasteiger partial charge is 0.255 e. The average Bonchev–Trinajstić information content (AvgIpc) is 3.20. The minimum absolute atomic E-state index is 0.00390. The fraction of sp³-hybridized carbons (Fsp3) is 0.368. The molecule has 1 aromatic heterocycles. The van der Waals surface area contributed by atoms with Crippen LogP contribution in [-0.2, 0) is 0 Å². The van der Waals surface area contributed by atoms with Gasteiger partial charge in [-0.25, -0.2) is 0 Å². The van der Waals surface area contributed by atoms with E-state index < -0.39 is 0 Å². The number of carbonyl (C=O) groups is 2. The third-order valence-electron chi connectivity index (χ3n) is 4.27. The van der Waals surface area contributed by atoms with Crippen LogP contribution in [0.5, 0.6) is 5.75 Å². The van der Waals surface area contributed by atoms with Gasteiger partial charge < -0.3 is 19.5 Å². The number of H-pyrrole nitrogens is 1. The Morgan fingerprint density at radius 1 is 0.960 bits per heavy atom. The second-order valence-electron chi connectivity index (χ2n) is 6.06. The van der Waals surface area contributed by atoms with Gasteiger partial charge >= 0.3 is 0 Å². The molecule has 3 rings (SSSR count). The maximum absolute atomic E-state index is 12.6. The zero-order chi connectivity index (χ0) is 17.6. The second-order valence-corrected chi connectivity index (χ2v) is 6.06. The topological polar surface area (TPSA) is 65.6 Å². The maximum atomic E-state index is 12.6. The molecule has 2 heterocycles. The third kappa shape index (κ3) is 4.02. The first kappa shape index (κ1) is 17.1. The number of aromatic amines is 1. The Morgan fingerprint density at radius 2 is 1.56 bits per heavy atom. The van der Waals surface area contributed by atoms with Crippen LogP contribution in [0.3, 0.4) is 0 Å². The van der Waals surface area contributed by atoms with Crippen LogP contribution < -0.4 is 4.74 Å². The molecule has 25 heavy (non-hydrogen) atoms. The molecule has 6 nitrogen and oxygen atoms in total. The SMILES string of the molecule is CCCOc1ccc(C(=O)N2CCN(C(=O)c3cc[nH]c3)CC2)cc1. The van der Waals surface area contributed by atoms with Gasteiger partial charge in [0.2, 0.25) is 0 Å². The Kier molecular flexibility index (Phi) is 5.38. The fourth-order valence-corrected chi connectivity index (χ4v) is 2.85. The predicted molar refractivity (Wildman–Crippen MR) is 94.8 cm³/mol. The van der Waals surface area contributed by atoms with Crippen molar-refractivity contribution in [3.63, 3.8) is 0 Å². The summed E-state index contributed by atoms with van der Waals surface area (Å²) < 4.78 is 5.54. The monoisotopic (exact) mass is 341 g/mol. The molecular weight excluding hydrogens is 318 g/mol. The molecule has 0 bridgehead atoms. The number of carbonyl (C=O) groups excluding carboxylic acids is 2. The van der Waals surface area contributed by atoms with E-state index >= 15 is 0 Å². The van der Waals surface area contributed by atoms with Crippen LogP contribution in [0.1, 0.15) is 34.1 Å². The minimum Gasteiger partial charge on any atom is -0.494 e. The standard InChI is InChI=1S/C19H23N3O3/c1-2-13-25-17-5-3-15(4-6-17)18(23)21-9-11-22(12-10-21)19(24)16-7-8-20-14-16/h3-8,14,20H,2,9-13H2,1H3. The van der Waals surface area contributed by atoms with Crippen molar-refractivity contribution >= 4 is 11.8 Å². The molecule has 0 radical (unpaired) electrons. The highest BCUT2D eigenvalue weighted by Crippen LogP contribution is 2.16. The molecule has 1 fully saturated rings. The van der Waals surface area contributed by atoms with Gasteiger partial charge in [0.05, 0.1) is 12.2 Å². The number of rotatable bonds is 5. The van der Waals surface area contributed by atoms with Gasteiger partial charge in [0.1, 0.15) is 5.75 Å². The Hall–Kier alpha value is -2.76.